The van der Waals surface area contributed by atoms with Gasteiger partial charge in [0, 0.05) is 41.9 Å². The first-order valence-electron chi connectivity index (χ1n) is 12.7. The predicted octanol–water partition coefficient (Wildman–Crippen LogP) is 3.54. The molecule has 2 heterocycles. The first-order valence-corrected chi connectivity index (χ1v) is 13.7. The third-order valence-corrected chi connectivity index (χ3v) is 8.00. The van der Waals surface area contributed by atoms with Crippen molar-refractivity contribution in [2.45, 2.75) is 31.7 Å². The van der Waals surface area contributed by atoms with Crippen LogP contribution in [0.15, 0.2) is 59.0 Å². The van der Waals surface area contributed by atoms with E-state index in [1.54, 1.807) is 30.3 Å². The third kappa shape index (κ3) is 4.87. The number of amides is 1. The van der Waals surface area contributed by atoms with Crippen LogP contribution in [0.1, 0.15) is 45.8 Å². The Morgan fingerprint density at radius 3 is 2.67 bits per heavy atom. The molecule has 3 aromatic carbocycles. The fraction of sp³-hybridized carbons (Fsp3) is 0.250. The Balaban J connectivity index is 1.47. The number of benzene rings is 3. The minimum absolute atomic E-state index is 0.0827. The van der Waals surface area contributed by atoms with Gasteiger partial charge in [0.15, 0.2) is 0 Å². The predicted molar refractivity (Wildman–Crippen MR) is 146 cm³/mol. The van der Waals surface area contributed by atoms with E-state index in [1.165, 1.54) is 23.5 Å². The quantitative estimate of drug-likeness (QED) is 0.270. The molecule has 0 spiro atoms. The molecule has 1 aliphatic heterocycles. The second kappa shape index (κ2) is 10.2. The molecule has 2 aliphatic rings. The molecular weight excluding hydrogens is 522 g/mol. The van der Waals surface area contributed by atoms with Gasteiger partial charge in [-0.05, 0) is 77.7 Å². The van der Waals surface area contributed by atoms with Gasteiger partial charge in [-0.1, -0.05) is 18.2 Å². The topological polar surface area (TPSA) is 115 Å². The van der Waals surface area contributed by atoms with Crippen LogP contribution in [0.25, 0.3) is 22.3 Å². The lowest BCUT2D eigenvalue weighted by Gasteiger charge is -2.29. The highest BCUT2D eigenvalue weighted by molar-refractivity contribution is 7.80. The van der Waals surface area contributed by atoms with E-state index >= 15 is 0 Å². The van der Waals surface area contributed by atoms with Crippen LogP contribution < -0.4 is 15.1 Å². The molecule has 6 rings (SSSR count). The molecule has 0 radical (unpaired) electrons. The Kier molecular flexibility index (Phi) is 6.76. The zero-order valence-corrected chi connectivity index (χ0v) is 21.9. The van der Waals surface area contributed by atoms with Crippen molar-refractivity contribution in [1.29, 1.82) is 0 Å². The van der Waals surface area contributed by atoms with E-state index in [2.05, 4.69) is 5.32 Å². The maximum Gasteiger partial charge on any atom is 0.491 e. The first kappa shape index (κ1) is 25.8. The first-order chi connectivity index (χ1) is 18.8. The summed E-state index contributed by atoms with van der Waals surface area (Å²) in [6.07, 6.45) is 2.44. The van der Waals surface area contributed by atoms with Crippen molar-refractivity contribution < 1.29 is 32.0 Å². The van der Waals surface area contributed by atoms with Crippen LogP contribution in [-0.4, -0.2) is 40.5 Å². The highest BCUT2D eigenvalue weighted by Crippen LogP contribution is 2.48. The molecule has 1 atom stereocenters. The van der Waals surface area contributed by atoms with Gasteiger partial charge in [0.2, 0.25) is 0 Å². The number of furan rings is 1. The number of anilines is 1. The SMILES string of the molecule is CNC(=O)c1c(-c2ccc(F)cc2)oc2cc(N(Cc3ccc4c(c3)CCOB4O)S(=O)[O-])c(C3CC3)cc12. The minimum atomic E-state index is -2.61. The second-order valence-electron chi connectivity index (χ2n) is 9.83. The fourth-order valence-corrected chi connectivity index (χ4v) is 5.78. The number of halogens is 1. The van der Waals surface area contributed by atoms with Gasteiger partial charge in [-0.25, -0.2) is 4.39 Å². The van der Waals surface area contributed by atoms with E-state index in [-0.39, 0.29) is 24.1 Å². The molecule has 2 N–H and O–H groups in total. The Hall–Kier alpha value is -3.51. The molecule has 0 bridgehead atoms. The van der Waals surface area contributed by atoms with Gasteiger partial charge in [0.25, 0.3) is 5.91 Å². The van der Waals surface area contributed by atoms with Gasteiger partial charge in [-0.2, -0.15) is 0 Å². The lowest BCUT2D eigenvalue weighted by atomic mass is 9.73. The van der Waals surface area contributed by atoms with Crippen molar-refractivity contribution in [2.75, 3.05) is 18.0 Å². The summed E-state index contributed by atoms with van der Waals surface area (Å²) >= 11 is -2.61. The lowest BCUT2D eigenvalue weighted by Crippen LogP contribution is -2.41. The summed E-state index contributed by atoms with van der Waals surface area (Å²) in [6, 6.07) is 14.7. The minimum Gasteiger partial charge on any atom is -0.755 e. The van der Waals surface area contributed by atoms with Gasteiger partial charge in [-0.3, -0.25) is 13.3 Å². The number of carbonyl (C=O) groups is 1. The number of hydrogen-bond acceptors (Lipinski definition) is 6. The van der Waals surface area contributed by atoms with Crippen LogP contribution in [0, 0.1) is 5.82 Å². The highest BCUT2D eigenvalue weighted by atomic mass is 32.2. The summed E-state index contributed by atoms with van der Waals surface area (Å²) in [6.45, 7) is 0.471. The Morgan fingerprint density at radius 2 is 1.97 bits per heavy atom. The molecule has 39 heavy (non-hydrogen) atoms. The zero-order chi connectivity index (χ0) is 27.3. The standard InChI is InChI=1S/C28H26BFN2O6S/c1-31-28(33)26-22-13-21(17-3-4-17)24(14-25(22)38-27(26)18-5-7-20(30)8-6-18)32(39(35)36)15-16-2-9-23-19(12-16)10-11-37-29(23)34/h2,5-9,12-14,17,34H,3-4,10-11,15H2,1H3,(H,31,33)(H,35,36)/p-1. The third-order valence-electron chi connectivity index (χ3n) is 7.31. The number of fused-ring (bicyclic) bond motifs is 2. The number of rotatable bonds is 7. The number of nitrogens with one attached hydrogen (secondary N) is 1. The molecule has 8 nitrogen and oxygen atoms in total. The average Bonchev–Trinajstić information content (AvgIpc) is 3.71. The molecule has 11 heteroatoms. The second-order valence-corrected chi connectivity index (χ2v) is 10.7. The molecule has 1 fully saturated rings. The lowest BCUT2D eigenvalue weighted by molar-refractivity contribution is 0.0964. The molecule has 1 aromatic heterocycles. The molecule has 200 valence electrons. The van der Waals surface area contributed by atoms with E-state index in [0.717, 1.165) is 29.5 Å². The molecule has 0 saturated heterocycles. The summed E-state index contributed by atoms with van der Waals surface area (Å²) < 4.78 is 51.5. The molecular formula is C28H25BFN2O6S-. The summed E-state index contributed by atoms with van der Waals surface area (Å²) in [5.74, 6) is -0.319. The van der Waals surface area contributed by atoms with Crippen LogP contribution in [0.2, 0.25) is 0 Å². The van der Waals surface area contributed by atoms with Crippen molar-refractivity contribution in [1.82, 2.24) is 5.32 Å². The van der Waals surface area contributed by atoms with Gasteiger partial charge < -0.3 is 24.0 Å². The smallest absolute Gasteiger partial charge is 0.491 e. The van der Waals surface area contributed by atoms with Gasteiger partial charge in [0.05, 0.1) is 17.8 Å². The molecule has 1 unspecified atom stereocenters. The Labute approximate surface area is 227 Å². The normalized spacial score (nSPS) is 15.7. The van der Waals surface area contributed by atoms with E-state index in [4.69, 9.17) is 9.07 Å². The van der Waals surface area contributed by atoms with Crippen LogP contribution in [0.4, 0.5) is 10.1 Å². The van der Waals surface area contributed by atoms with Crippen molar-refractivity contribution in [3.05, 3.63) is 82.7 Å². The summed E-state index contributed by atoms with van der Waals surface area (Å²) in [5.41, 5.74) is 4.90. The van der Waals surface area contributed by atoms with Crippen LogP contribution in [0.5, 0.6) is 0 Å². The van der Waals surface area contributed by atoms with E-state index in [1.807, 2.05) is 12.1 Å². The monoisotopic (exact) mass is 547 g/mol. The average molecular weight is 547 g/mol. The van der Waals surface area contributed by atoms with Gasteiger partial charge >= 0.3 is 7.12 Å². The molecule has 1 saturated carbocycles. The largest absolute Gasteiger partial charge is 0.755 e. The van der Waals surface area contributed by atoms with Gasteiger partial charge in [-0.15, -0.1) is 0 Å². The number of nitrogens with zero attached hydrogens (tertiary/aromatic N) is 1. The maximum atomic E-state index is 13.6. The van der Waals surface area contributed by atoms with Crippen molar-refractivity contribution in [3.63, 3.8) is 0 Å². The summed E-state index contributed by atoms with van der Waals surface area (Å²) in [4.78, 5) is 13.0. The fourth-order valence-electron chi connectivity index (χ4n) is 5.21. The summed E-state index contributed by atoms with van der Waals surface area (Å²) in [7, 11) is 0.540. The molecule has 1 aliphatic carbocycles. The summed E-state index contributed by atoms with van der Waals surface area (Å²) in [5, 5.41) is 13.3. The van der Waals surface area contributed by atoms with Crippen LogP contribution in [-0.2, 0) is 28.9 Å². The van der Waals surface area contributed by atoms with E-state index in [0.29, 0.717) is 46.3 Å². The Morgan fingerprint density at radius 1 is 1.21 bits per heavy atom. The highest BCUT2D eigenvalue weighted by Gasteiger charge is 2.32. The van der Waals surface area contributed by atoms with E-state index < -0.39 is 24.2 Å². The number of carbonyl (C=O) groups excluding carboxylic acids is 1. The van der Waals surface area contributed by atoms with Gasteiger partial charge in [0.1, 0.15) is 17.2 Å². The Bertz CT molecular complexity index is 1600. The zero-order valence-electron chi connectivity index (χ0n) is 21.1. The van der Waals surface area contributed by atoms with Crippen molar-refractivity contribution >= 4 is 46.4 Å². The van der Waals surface area contributed by atoms with E-state index in [9.17, 15) is 23.0 Å². The molecule has 4 aromatic rings. The van der Waals surface area contributed by atoms with Crippen molar-refractivity contribution in [3.8, 4) is 11.3 Å². The number of hydrogen-bond donors (Lipinski definition) is 2. The maximum absolute atomic E-state index is 13.6. The molecule has 1 amide bonds. The van der Waals surface area contributed by atoms with Crippen LogP contribution in [0.3, 0.4) is 0 Å². The van der Waals surface area contributed by atoms with Crippen molar-refractivity contribution in [2.24, 2.45) is 0 Å². The van der Waals surface area contributed by atoms with Crippen LogP contribution >= 0.6 is 0 Å².